The van der Waals surface area contributed by atoms with Crippen LogP contribution in [0, 0.1) is 12.3 Å². The van der Waals surface area contributed by atoms with E-state index >= 15 is 0 Å². The van der Waals surface area contributed by atoms with Gasteiger partial charge in [-0.1, -0.05) is 27.9 Å². The van der Waals surface area contributed by atoms with E-state index in [0.717, 1.165) is 10.5 Å². The van der Waals surface area contributed by atoms with Gasteiger partial charge in [0.1, 0.15) is 0 Å². The molecule has 0 saturated heterocycles. The standard InChI is InChI=1S/C18H15BrN2O5S/c1-2-10-20-27(24,25)16-5-3-4-13(11-16)18(23)26-12-17(22)21-15-8-6-14(19)7-9-15/h1,3-9,11,20H,10,12H2,(H,21,22). The first-order valence-electron chi connectivity index (χ1n) is 7.57. The first-order valence-corrected chi connectivity index (χ1v) is 9.85. The SMILES string of the molecule is C#CCNS(=O)(=O)c1cccc(C(=O)OCC(=O)Nc2ccc(Br)cc2)c1. The van der Waals surface area contributed by atoms with Crippen molar-refractivity contribution in [2.75, 3.05) is 18.5 Å². The van der Waals surface area contributed by atoms with Gasteiger partial charge in [0.2, 0.25) is 10.0 Å². The summed E-state index contributed by atoms with van der Waals surface area (Å²) in [7, 11) is -3.84. The Morgan fingerprint density at radius 3 is 2.52 bits per heavy atom. The van der Waals surface area contributed by atoms with E-state index in [9.17, 15) is 18.0 Å². The highest BCUT2D eigenvalue weighted by atomic mass is 79.9. The lowest BCUT2D eigenvalue weighted by molar-refractivity contribution is -0.119. The van der Waals surface area contributed by atoms with Gasteiger partial charge in [-0.05, 0) is 42.5 Å². The molecule has 0 fully saturated rings. The number of benzene rings is 2. The first-order chi connectivity index (χ1) is 12.8. The zero-order valence-corrected chi connectivity index (χ0v) is 16.3. The van der Waals surface area contributed by atoms with Crippen molar-refractivity contribution >= 4 is 43.5 Å². The third-order valence-electron chi connectivity index (χ3n) is 3.21. The van der Waals surface area contributed by atoms with Crippen molar-refractivity contribution in [1.82, 2.24) is 4.72 Å². The molecule has 0 radical (unpaired) electrons. The number of terminal acetylenes is 1. The second-order valence-electron chi connectivity index (χ2n) is 5.19. The van der Waals surface area contributed by atoms with Crippen molar-refractivity contribution in [2.45, 2.75) is 4.90 Å². The van der Waals surface area contributed by atoms with Gasteiger partial charge in [0.05, 0.1) is 17.0 Å². The van der Waals surface area contributed by atoms with Crippen molar-refractivity contribution in [3.8, 4) is 12.3 Å². The summed E-state index contributed by atoms with van der Waals surface area (Å²) in [6, 6.07) is 12.1. The van der Waals surface area contributed by atoms with Gasteiger partial charge in [-0.2, -0.15) is 4.72 Å². The van der Waals surface area contributed by atoms with Gasteiger partial charge in [0, 0.05) is 10.2 Å². The molecule has 0 saturated carbocycles. The van der Waals surface area contributed by atoms with E-state index in [1.54, 1.807) is 24.3 Å². The number of rotatable bonds is 7. The first kappa shape index (κ1) is 20.6. The fraction of sp³-hybridized carbons (Fsp3) is 0.111. The average molecular weight is 451 g/mol. The van der Waals surface area contributed by atoms with Crippen LogP contribution in [0.5, 0.6) is 0 Å². The molecule has 140 valence electrons. The molecule has 2 aromatic rings. The Labute approximate surface area is 165 Å². The molecule has 0 aliphatic rings. The summed E-state index contributed by atoms with van der Waals surface area (Å²) in [4.78, 5) is 23.8. The van der Waals surface area contributed by atoms with Crippen LogP contribution in [0.25, 0.3) is 0 Å². The van der Waals surface area contributed by atoms with Gasteiger partial charge in [-0.15, -0.1) is 6.42 Å². The Hall–Kier alpha value is -2.67. The van der Waals surface area contributed by atoms with Gasteiger partial charge < -0.3 is 10.1 Å². The van der Waals surface area contributed by atoms with Crippen LogP contribution in [0.3, 0.4) is 0 Å². The van der Waals surface area contributed by atoms with Crippen molar-refractivity contribution in [2.24, 2.45) is 0 Å². The monoisotopic (exact) mass is 450 g/mol. The number of carbonyl (C=O) groups excluding carboxylic acids is 2. The topological polar surface area (TPSA) is 102 Å². The lowest BCUT2D eigenvalue weighted by Crippen LogP contribution is -2.24. The molecular weight excluding hydrogens is 436 g/mol. The Morgan fingerprint density at radius 1 is 1.15 bits per heavy atom. The van der Waals surface area contributed by atoms with Crippen molar-refractivity contribution in [1.29, 1.82) is 0 Å². The van der Waals surface area contributed by atoms with Gasteiger partial charge in [0.25, 0.3) is 5.91 Å². The van der Waals surface area contributed by atoms with Gasteiger partial charge in [0.15, 0.2) is 6.61 Å². The largest absolute Gasteiger partial charge is 0.452 e. The number of carbonyl (C=O) groups is 2. The Bertz CT molecular complexity index is 982. The summed E-state index contributed by atoms with van der Waals surface area (Å²) in [6.45, 7) is -0.686. The summed E-state index contributed by atoms with van der Waals surface area (Å²) in [5.41, 5.74) is 0.543. The predicted octanol–water partition coefficient (Wildman–Crippen LogP) is 2.16. The van der Waals surface area contributed by atoms with E-state index in [0.29, 0.717) is 5.69 Å². The number of anilines is 1. The molecule has 0 bridgehead atoms. The normalized spacial score (nSPS) is 10.7. The number of ether oxygens (including phenoxy) is 1. The molecule has 7 nitrogen and oxygen atoms in total. The molecule has 27 heavy (non-hydrogen) atoms. The van der Waals surface area contributed by atoms with E-state index in [1.165, 1.54) is 18.2 Å². The molecule has 0 heterocycles. The fourth-order valence-corrected chi connectivity index (χ4v) is 3.20. The minimum atomic E-state index is -3.84. The van der Waals surface area contributed by atoms with Crippen LogP contribution >= 0.6 is 15.9 Å². The molecule has 2 rings (SSSR count). The van der Waals surface area contributed by atoms with Gasteiger partial charge in [-0.3, -0.25) is 4.79 Å². The molecule has 0 atom stereocenters. The molecule has 9 heteroatoms. The highest BCUT2D eigenvalue weighted by Gasteiger charge is 2.17. The maximum atomic E-state index is 12.1. The molecule has 2 N–H and O–H groups in total. The summed E-state index contributed by atoms with van der Waals surface area (Å²) in [5, 5.41) is 2.57. The molecule has 0 spiro atoms. The predicted molar refractivity (Wildman–Crippen MR) is 104 cm³/mol. The van der Waals surface area contributed by atoms with E-state index in [4.69, 9.17) is 11.2 Å². The van der Waals surface area contributed by atoms with Crippen LogP contribution < -0.4 is 10.0 Å². The zero-order valence-electron chi connectivity index (χ0n) is 13.9. The van der Waals surface area contributed by atoms with Crippen LogP contribution in [0.4, 0.5) is 5.69 Å². The number of hydrogen-bond acceptors (Lipinski definition) is 5. The Balaban J connectivity index is 1.98. The molecule has 0 unspecified atom stereocenters. The summed E-state index contributed by atoms with van der Waals surface area (Å²) in [5.74, 6) is 0.811. The molecule has 0 aliphatic heterocycles. The van der Waals surface area contributed by atoms with E-state index in [-0.39, 0.29) is 17.0 Å². The van der Waals surface area contributed by atoms with E-state index in [2.05, 4.69) is 31.9 Å². The molecule has 0 aromatic heterocycles. The van der Waals surface area contributed by atoms with Gasteiger partial charge >= 0.3 is 5.97 Å². The van der Waals surface area contributed by atoms with E-state index in [1.807, 2.05) is 0 Å². The number of hydrogen-bond donors (Lipinski definition) is 2. The smallest absolute Gasteiger partial charge is 0.338 e. The summed E-state index contributed by atoms with van der Waals surface area (Å²) in [6.07, 6.45) is 5.03. The highest BCUT2D eigenvalue weighted by molar-refractivity contribution is 9.10. The lowest BCUT2D eigenvalue weighted by Gasteiger charge is -2.08. The van der Waals surface area contributed by atoms with Crippen LogP contribution in [0.15, 0.2) is 57.9 Å². The Kier molecular flexibility index (Phi) is 7.12. The molecular formula is C18H15BrN2O5S. The molecule has 1 amide bonds. The van der Waals surface area contributed by atoms with Gasteiger partial charge in [-0.25, -0.2) is 13.2 Å². The average Bonchev–Trinajstić information content (AvgIpc) is 2.66. The number of sulfonamides is 1. The number of nitrogens with one attached hydrogen (secondary N) is 2. The minimum Gasteiger partial charge on any atom is -0.452 e. The number of halogens is 1. The van der Waals surface area contributed by atoms with Crippen LogP contribution in [-0.4, -0.2) is 33.4 Å². The summed E-state index contributed by atoms with van der Waals surface area (Å²) >= 11 is 3.28. The van der Waals surface area contributed by atoms with Crippen LogP contribution in [0.1, 0.15) is 10.4 Å². The molecule has 2 aromatic carbocycles. The summed E-state index contributed by atoms with van der Waals surface area (Å²) < 4.78 is 32.0. The van der Waals surface area contributed by atoms with E-state index < -0.39 is 28.5 Å². The third kappa shape index (κ3) is 6.21. The second kappa shape index (κ2) is 9.32. The van der Waals surface area contributed by atoms with Crippen LogP contribution in [-0.2, 0) is 19.6 Å². The molecule has 0 aliphatic carbocycles. The zero-order chi connectivity index (χ0) is 19.9. The van der Waals surface area contributed by atoms with Crippen LogP contribution in [0.2, 0.25) is 0 Å². The minimum absolute atomic E-state index is 0.00461. The highest BCUT2D eigenvalue weighted by Crippen LogP contribution is 2.14. The van der Waals surface area contributed by atoms with Crippen molar-refractivity contribution in [3.05, 3.63) is 58.6 Å². The maximum absolute atomic E-state index is 12.1. The lowest BCUT2D eigenvalue weighted by atomic mass is 10.2. The van der Waals surface area contributed by atoms with Crippen molar-refractivity contribution < 1.29 is 22.7 Å². The Morgan fingerprint density at radius 2 is 1.85 bits per heavy atom. The fourth-order valence-electron chi connectivity index (χ4n) is 1.95. The second-order valence-corrected chi connectivity index (χ2v) is 7.87. The quantitative estimate of drug-likeness (QED) is 0.497. The third-order valence-corrected chi connectivity index (χ3v) is 5.13. The number of amides is 1. The van der Waals surface area contributed by atoms with Crippen molar-refractivity contribution in [3.63, 3.8) is 0 Å². The number of esters is 1. The maximum Gasteiger partial charge on any atom is 0.338 e.